The highest BCUT2D eigenvalue weighted by molar-refractivity contribution is 5.54. The second kappa shape index (κ2) is 5.61. The Morgan fingerprint density at radius 1 is 1.33 bits per heavy atom. The summed E-state index contributed by atoms with van der Waals surface area (Å²) in [5.74, 6) is 1.40. The van der Waals surface area contributed by atoms with E-state index in [4.69, 9.17) is 10.5 Å². The van der Waals surface area contributed by atoms with Crippen molar-refractivity contribution in [3.8, 4) is 5.75 Å². The summed E-state index contributed by atoms with van der Waals surface area (Å²) in [6, 6.07) is 6.30. The van der Waals surface area contributed by atoms with E-state index < -0.39 is 0 Å². The highest BCUT2D eigenvalue weighted by Crippen LogP contribution is 2.30. The Balaban J connectivity index is 3.01. The van der Waals surface area contributed by atoms with Gasteiger partial charge in [-0.05, 0) is 43.5 Å². The van der Waals surface area contributed by atoms with Crippen LogP contribution in [0.25, 0.3) is 0 Å². The maximum absolute atomic E-state index is 6.06. The van der Waals surface area contributed by atoms with Gasteiger partial charge in [0.2, 0.25) is 0 Å². The summed E-state index contributed by atoms with van der Waals surface area (Å²) in [5, 5.41) is 0. The van der Waals surface area contributed by atoms with Crippen LogP contribution in [0.2, 0.25) is 0 Å². The summed E-state index contributed by atoms with van der Waals surface area (Å²) >= 11 is 0. The fraction of sp³-hybridized carbons (Fsp3) is 0.600. The first-order valence-corrected chi connectivity index (χ1v) is 6.42. The third kappa shape index (κ3) is 3.91. The molecule has 0 aliphatic rings. The molecule has 0 aromatic heterocycles. The molecule has 3 heteroatoms. The van der Waals surface area contributed by atoms with Gasteiger partial charge in [0.1, 0.15) is 5.75 Å². The van der Waals surface area contributed by atoms with Crippen molar-refractivity contribution in [1.82, 2.24) is 0 Å². The zero-order valence-electron chi connectivity index (χ0n) is 12.4. The van der Waals surface area contributed by atoms with Crippen LogP contribution in [0.4, 0.5) is 5.69 Å². The van der Waals surface area contributed by atoms with E-state index in [-0.39, 0.29) is 5.54 Å². The Bertz CT molecular complexity index is 394. The number of anilines is 1. The number of hydrogen-bond acceptors (Lipinski definition) is 3. The van der Waals surface area contributed by atoms with Gasteiger partial charge in [-0.25, -0.2) is 0 Å². The molecule has 0 saturated heterocycles. The molecular weight excluding hydrogens is 224 g/mol. The molecule has 2 N–H and O–H groups in total. The van der Waals surface area contributed by atoms with Crippen LogP contribution < -0.4 is 15.4 Å². The van der Waals surface area contributed by atoms with Gasteiger partial charge in [-0.1, -0.05) is 13.8 Å². The highest BCUT2D eigenvalue weighted by atomic mass is 16.5. The highest BCUT2D eigenvalue weighted by Gasteiger charge is 2.16. The van der Waals surface area contributed by atoms with Crippen molar-refractivity contribution in [2.24, 2.45) is 5.73 Å². The van der Waals surface area contributed by atoms with Crippen LogP contribution in [0, 0.1) is 0 Å². The van der Waals surface area contributed by atoms with E-state index in [9.17, 15) is 0 Å². The molecule has 1 rings (SSSR count). The third-order valence-corrected chi connectivity index (χ3v) is 2.92. The van der Waals surface area contributed by atoms with Gasteiger partial charge in [0.05, 0.1) is 7.11 Å². The van der Waals surface area contributed by atoms with Gasteiger partial charge < -0.3 is 15.4 Å². The molecule has 0 heterocycles. The van der Waals surface area contributed by atoms with Gasteiger partial charge in [-0.3, -0.25) is 0 Å². The maximum Gasteiger partial charge on any atom is 0.122 e. The number of nitrogens with zero attached hydrogens (tertiary/aromatic N) is 1. The average Bonchev–Trinajstić information content (AvgIpc) is 2.25. The molecule has 0 fully saturated rings. The molecule has 0 saturated carbocycles. The second-order valence-electron chi connectivity index (χ2n) is 5.93. The molecular formula is C15H26N2O. The first-order valence-electron chi connectivity index (χ1n) is 6.42. The zero-order valence-corrected chi connectivity index (χ0v) is 12.4. The fourth-order valence-corrected chi connectivity index (χ4v) is 2.11. The van der Waals surface area contributed by atoms with Crippen LogP contribution in [0.5, 0.6) is 5.75 Å². The SMILES string of the molecule is COc1ccc(N(C)CC(C)(C)N)cc1C(C)C. The largest absolute Gasteiger partial charge is 0.496 e. The number of nitrogens with two attached hydrogens (primary N) is 1. The lowest BCUT2D eigenvalue weighted by Gasteiger charge is -2.29. The molecule has 0 aliphatic heterocycles. The Morgan fingerprint density at radius 2 is 1.94 bits per heavy atom. The normalized spacial score (nSPS) is 11.8. The van der Waals surface area contributed by atoms with Crippen molar-refractivity contribution in [1.29, 1.82) is 0 Å². The minimum Gasteiger partial charge on any atom is -0.496 e. The molecule has 18 heavy (non-hydrogen) atoms. The molecule has 0 spiro atoms. The summed E-state index contributed by atoms with van der Waals surface area (Å²) in [6.07, 6.45) is 0. The van der Waals surface area contributed by atoms with Crippen molar-refractivity contribution >= 4 is 5.69 Å². The molecule has 0 radical (unpaired) electrons. The first kappa shape index (κ1) is 14.8. The predicted octanol–water partition coefficient (Wildman–Crippen LogP) is 2.99. The molecule has 0 atom stereocenters. The van der Waals surface area contributed by atoms with E-state index >= 15 is 0 Å². The van der Waals surface area contributed by atoms with E-state index in [1.807, 2.05) is 19.9 Å². The van der Waals surface area contributed by atoms with Crippen LogP contribution in [-0.4, -0.2) is 26.2 Å². The van der Waals surface area contributed by atoms with E-state index in [2.05, 4.69) is 37.9 Å². The smallest absolute Gasteiger partial charge is 0.122 e. The lowest BCUT2D eigenvalue weighted by molar-refractivity contribution is 0.407. The summed E-state index contributed by atoms with van der Waals surface area (Å²) in [4.78, 5) is 2.19. The number of benzene rings is 1. The fourth-order valence-electron chi connectivity index (χ4n) is 2.11. The lowest BCUT2D eigenvalue weighted by Crippen LogP contribution is -2.44. The maximum atomic E-state index is 6.06. The van der Waals surface area contributed by atoms with E-state index in [1.54, 1.807) is 7.11 Å². The number of rotatable bonds is 5. The standard InChI is InChI=1S/C15H26N2O/c1-11(2)13-9-12(7-8-14(13)18-6)17(5)10-15(3,4)16/h7-9,11H,10,16H2,1-6H3. The molecule has 0 bridgehead atoms. The Hall–Kier alpha value is -1.22. The zero-order chi connectivity index (χ0) is 13.9. The molecule has 102 valence electrons. The lowest BCUT2D eigenvalue weighted by atomic mass is 10.0. The molecule has 3 nitrogen and oxygen atoms in total. The summed E-state index contributed by atoms with van der Waals surface area (Å²) in [7, 11) is 3.79. The summed E-state index contributed by atoms with van der Waals surface area (Å²) in [6.45, 7) is 9.24. The van der Waals surface area contributed by atoms with Crippen LogP contribution in [0.15, 0.2) is 18.2 Å². The Morgan fingerprint density at radius 3 is 2.39 bits per heavy atom. The number of ether oxygens (including phenoxy) is 1. The average molecular weight is 250 g/mol. The summed E-state index contributed by atoms with van der Waals surface area (Å²) < 4.78 is 5.40. The number of methoxy groups -OCH3 is 1. The van der Waals surface area contributed by atoms with E-state index in [1.165, 1.54) is 11.3 Å². The minimum absolute atomic E-state index is 0.202. The van der Waals surface area contributed by atoms with Crippen LogP contribution in [0.3, 0.4) is 0 Å². The third-order valence-electron chi connectivity index (χ3n) is 2.92. The molecule has 1 aromatic carbocycles. The van der Waals surface area contributed by atoms with Gasteiger partial charge >= 0.3 is 0 Å². The quantitative estimate of drug-likeness (QED) is 0.873. The minimum atomic E-state index is -0.202. The van der Waals surface area contributed by atoms with E-state index in [0.29, 0.717) is 5.92 Å². The molecule has 0 unspecified atom stereocenters. The molecule has 1 aromatic rings. The number of likely N-dealkylation sites (N-methyl/N-ethyl adjacent to an activating group) is 1. The van der Waals surface area contributed by atoms with Crippen LogP contribution in [0.1, 0.15) is 39.2 Å². The van der Waals surface area contributed by atoms with Crippen molar-refractivity contribution in [3.63, 3.8) is 0 Å². The van der Waals surface area contributed by atoms with Crippen molar-refractivity contribution in [3.05, 3.63) is 23.8 Å². The van der Waals surface area contributed by atoms with Gasteiger partial charge in [0.15, 0.2) is 0 Å². The summed E-state index contributed by atoms with van der Waals surface area (Å²) in [5.41, 5.74) is 8.27. The van der Waals surface area contributed by atoms with Gasteiger partial charge in [0.25, 0.3) is 0 Å². The van der Waals surface area contributed by atoms with Crippen LogP contribution >= 0.6 is 0 Å². The van der Waals surface area contributed by atoms with Gasteiger partial charge in [-0.15, -0.1) is 0 Å². The predicted molar refractivity (Wildman–Crippen MR) is 78.6 cm³/mol. The van der Waals surface area contributed by atoms with Gasteiger partial charge in [0, 0.05) is 24.8 Å². The Kier molecular flexibility index (Phi) is 4.63. The first-order chi connectivity index (χ1) is 8.24. The molecule has 0 aliphatic carbocycles. The van der Waals surface area contributed by atoms with Gasteiger partial charge in [-0.2, -0.15) is 0 Å². The van der Waals surface area contributed by atoms with Crippen molar-refractivity contribution in [2.45, 2.75) is 39.2 Å². The van der Waals surface area contributed by atoms with Crippen molar-refractivity contribution < 1.29 is 4.74 Å². The molecule has 0 amide bonds. The van der Waals surface area contributed by atoms with Crippen molar-refractivity contribution in [2.75, 3.05) is 25.6 Å². The Labute approximate surface area is 111 Å². The van der Waals surface area contributed by atoms with Crippen LogP contribution in [-0.2, 0) is 0 Å². The second-order valence-corrected chi connectivity index (χ2v) is 5.93. The van der Waals surface area contributed by atoms with E-state index in [0.717, 1.165) is 12.3 Å². The monoisotopic (exact) mass is 250 g/mol. The number of hydrogen-bond donors (Lipinski definition) is 1. The topological polar surface area (TPSA) is 38.5 Å².